The predicted molar refractivity (Wildman–Crippen MR) is 150 cm³/mol. The van der Waals surface area contributed by atoms with E-state index in [1.54, 1.807) is 0 Å². The standard InChI is InChI=1S/C30H34N6O5/c1-2-6-24(29-32-33-34-36(29)22-7-4-3-5-8-22)35(15-19-9-10-25-26(11-19)39-17-38-25)16-21-12-20-13-27-28(41-18-40-27)14-23(20)31-30(21)37/h9-14,22,24H,2-8,15-18H2,1H3,(H,31,37)/t24-/m0/s1. The fourth-order valence-electron chi connectivity index (χ4n) is 6.28. The molecule has 0 saturated heterocycles. The van der Waals surface area contributed by atoms with Crippen LogP contribution in [0.5, 0.6) is 23.0 Å². The van der Waals surface area contributed by atoms with Crippen molar-refractivity contribution in [1.29, 1.82) is 0 Å². The molecule has 4 aromatic rings. The predicted octanol–water partition coefficient (Wildman–Crippen LogP) is 5.02. The molecular weight excluding hydrogens is 524 g/mol. The number of aromatic nitrogens is 5. The molecule has 11 nitrogen and oxygen atoms in total. The molecule has 41 heavy (non-hydrogen) atoms. The van der Waals surface area contributed by atoms with Crippen molar-refractivity contribution in [2.45, 2.75) is 77.0 Å². The van der Waals surface area contributed by atoms with Gasteiger partial charge in [0.2, 0.25) is 13.6 Å². The van der Waals surface area contributed by atoms with Crippen LogP contribution in [0.1, 0.15) is 80.9 Å². The Labute approximate surface area is 237 Å². The monoisotopic (exact) mass is 558 g/mol. The van der Waals surface area contributed by atoms with E-state index < -0.39 is 0 Å². The first-order chi connectivity index (χ1) is 20.2. The summed E-state index contributed by atoms with van der Waals surface area (Å²) in [5.74, 6) is 3.67. The van der Waals surface area contributed by atoms with Crippen LogP contribution in [0, 0.1) is 0 Å². The number of benzene rings is 2. The van der Waals surface area contributed by atoms with Gasteiger partial charge in [0.1, 0.15) is 0 Å². The van der Waals surface area contributed by atoms with Gasteiger partial charge >= 0.3 is 0 Å². The largest absolute Gasteiger partial charge is 0.454 e. The summed E-state index contributed by atoms with van der Waals surface area (Å²) in [7, 11) is 0. The van der Waals surface area contributed by atoms with Crippen molar-refractivity contribution in [3.8, 4) is 23.0 Å². The summed E-state index contributed by atoms with van der Waals surface area (Å²) in [6.07, 6.45) is 7.59. The first kappa shape index (κ1) is 25.8. The van der Waals surface area contributed by atoms with Crippen molar-refractivity contribution in [2.24, 2.45) is 0 Å². The lowest BCUT2D eigenvalue weighted by molar-refractivity contribution is 0.150. The SMILES string of the molecule is CCC[C@@H](c1nnnn1C1CCCCC1)N(Cc1ccc2c(c1)OCO2)Cc1cc2cc3c(cc2[nH]c1=O)OCO3. The van der Waals surface area contributed by atoms with E-state index in [0.29, 0.717) is 36.2 Å². The molecule has 7 rings (SSSR count). The summed E-state index contributed by atoms with van der Waals surface area (Å²) in [5.41, 5.74) is 2.31. The van der Waals surface area contributed by atoms with Crippen LogP contribution < -0.4 is 24.5 Å². The van der Waals surface area contributed by atoms with E-state index in [-0.39, 0.29) is 25.2 Å². The fraction of sp³-hybridized carbons (Fsp3) is 0.467. The molecule has 3 aliphatic rings. The van der Waals surface area contributed by atoms with Crippen LogP contribution >= 0.6 is 0 Å². The van der Waals surface area contributed by atoms with Gasteiger partial charge < -0.3 is 23.9 Å². The van der Waals surface area contributed by atoms with E-state index in [9.17, 15) is 4.79 Å². The molecule has 4 heterocycles. The zero-order chi connectivity index (χ0) is 27.8. The molecule has 2 aromatic heterocycles. The second-order valence-electron chi connectivity index (χ2n) is 11.1. The highest BCUT2D eigenvalue weighted by atomic mass is 16.7. The minimum Gasteiger partial charge on any atom is -0.454 e. The number of rotatable bonds is 9. The van der Waals surface area contributed by atoms with Crippen molar-refractivity contribution >= 4 is 10.9 Å². The van der Waals surface area contributed by atoms with E-state index in [4.69, 9.17) is 18.9 Å². The molecule has 1 N–H and O–H groups in total. The summed E-state index contributed by atoms with van der Waals surface area (Å²) in [5, 5.41) is 14.1. The van der Waals surface area contributed by atoms with E-state index in [2.05, 4.69) is 43.1 Å². The summed E-state index contributed by atoms with van der Waals surface area (Å²) >= 11 is 0. The van der Waals surface area contributed by atoms with Gasteiger partial charge in [0.15, 0.2) is 28.8 Å². The van der Waals surface area contributed by atoms with Crippen LogP contribution in [0.25, 0.3) is 10.9 Å². The minimum absolute atomic E-state index is 0.0887. The Hall–Kier alpha value is -4.12. The van der Waals surface area contributed by atoms with Gasteiger partial charge in [-0.05, 0) is 59.5 Å². The van der Waals surface area contributed by atoms with E-state index in [1.165, 1.54) is 19.3 Å². The maximum Gasteiger partial charge on any atom is 0.252 e. The molecule has 1 aliphatic carbocycles. The molecule has 2 aromatic carbocycles. The number of aromatic amines is 1. The zero-order valence-electron chi connectivity index (χ0n) is 23.2. The average Bonchev–Trinajstić information content (AvgIpc) is 3.76. The van der Waals surface area contributed by atoms with Gasteiger partial charge in [-0.25, -0.2) is 4.68 Å². The fourth-order valence-corrected chi connectivity index (χ4v) is 6.28. The van der Waals surface area contributed by atoms with E-state index in [0.717, 1.165) is 59.5 Å². The van der Waals surface area contributed by atoms with Crippen molar-refractivity contribution in [3.63, 3.8) is 0 Å². The van der Waals surface area contributed by atoms with Crippen molar-refractivity contribution in [1.82, 2.24) is 30.1 Å². The molecule has 0 amide bonds. The van der Waals surface area contributed by atoms with Crippen molar-refractivity contribution in [2.75, 3.05) is 13.6 Å². The molecule has 0 unspecified atom stereocenters. The third-order valence-electron chi connectivity index (χ3n) is 8.35. The van der Waals surface area contributed by atoms with Crippen LogP contribution in [-0.4, -0.2) is 43.7 Å². The molecule has 0 spiro atoms. The maximum absolute atomic E-state index is 13.4. The zero-order valence-corrected chi connectivity index (χ0v) is 23.2. The molecule has 1 atom stereocenters. The van der Waals surface area contributed by atoms with Crippen molar-refractivity contribution in [3.05, 3.63) is 63.7 Å². The van der Waals surface area contributed by atoms with Gasteiger partial charge in [-0.15, -0.1) is 5.10 Å². The molecular formula is C30H34N6O5. The third-order valence-corrected chi connectivity index (χ3v) is 8.35. The van der Waals surface area contributed by atoms with Gasteiger partial charge in [-0.2, -0.15) is 0 Å². The molecule has 0 radical (unpaired) electrons. The Balaban J connectivity index is 1.27. The smallest absolute Gasteiger partial charge is 0.252 e. The number of ether oxygens (including phenoxy) is 4. The van der Waals surface area contributed by atoms with Crippen LogP contribution in [0.4, 0.5) is 0 Å². The van der Waals surface area contributed by atoms with Gasteiger partial charge in [0, 0.05) is 30.1 Å². The van der Waals surface area contributed by atoms with Gasteiger partial charge in [0.25, 0.3) is 5.56 Å². The number of hydrogen-bond donors (Lipinski definition) is 1. The Morgan fingerprint density at radius 1 is 0.951 bits per heavy atom. The molecule has 2 aliphatic heterocycles. The van der Waals surface area contributed by atoms with Gasteiger partial charge in [0.05, 0.1) is 17.6 Å². The van der Waals surface area contributed by atoms with Crippen LogP contribution in [0.15, 0.2) is 41.2 Å². The molecule has 11 heteroatoms. The second-order valence-corrected chi connectivity index (χ2v) is 11.1. The summed E-state index contributed by atoms with van der Waals surface area (Å²) < 4.78 is 24.4. The van der Waals surface area contributed by atoms with Crippen LogP contribution in [0.3, 0.4) is 0 Å². The molecule has 214 valence electrons. The lowest BCUT2D eigenvalue weighted by Crippen LogP contribution is -2.33. The lowest BCUT2D eigenvalue weighted by atomic mass is 9.95. The minimum atomic E-state index is -0.130. The topological polar surface area (TPSA) is 117 Å². The highest BCUT2D eigenvalue weighted by Gasteiger charge is 2.30. The number of nitrogens with zero attached hydrogens (tertiary/aromatic N) is 5. The molecule has 0 bridgehead atoms. The average molecular weight is 559 g/mol. The lowest BCUT2D eigenvalue weighted by Gasteiger charge is -2.32. The highest BCUT2D eigenvalue weighted by molar-refractivity contribution is 5.83. The van der Waals surface area contributed by atoms with E-state index in [1.807, 2.05) is 30.3 Å². The summed E-state index contributed by atoms with van der Waals surface area (Å²) in [6.45, 7) is 3.57. The first-order valence-corrected chi connectivity index (χ1v) is 14.5. The maximum atomic E-state index is 13.4. The summed E-state index contributed by atoms with van der Waals surface area (Å²) in [4.78, 5) is 18.8. The number of fused-ring (bicyclic) bond motifs is 3. The van der Waals surface area contributed by atoms with Gasteiger partial charge in [-0.3, -0.25) is 9.69 Å². The normalized spacial score (nSPS) is 17.0. The highest BCUT2D eigenvalue weighted by Crippen LogP contribution is 2.37. The number of H-pyrrole nitrogens is 1. The third kappa shape index (κ3) is 5.10. The first-order valence-electron chi connectivity index (χ1n) is 14.5. The Morgan fingerprint density at radius 3 is 2.51 bits per heavy atom. The number of nitrogens with one attached hydrogen (secondary N) is 1. The Morgan fingerprint density at radius 2 is 1.71 bits per heavy atom. The van der Waals surface area contributed by atoms with E-state index >= 15 is 0 Å². The molecule has 1 saturated carbocycles. The number of tetrazole rings is 1. The summed E-state index contributed by atoms with van der Waals surface area (Å²) in [6, 6.07) is 11.9. The van der Waals surface area contributed by atoms with Crippen molar-refractivity contribution < 1.29 is 18.9 Å². The Kier molecular flexibility index (Phi) is 6.95. The Bertz CT molecular complexity index is 1610. The number of hydrogen-bond acceptors (Lipinski definition) is 9. The quantitative estimate of drug-likeness (QED) is 0.302. The van der Waals surface area contributed by atoms with Gasteiger partial charge in [-0.1, -0.05) is 38.7 Å². The van der Waals surface area contributed by atoms with Crippen LogP contribution in [0.2, 0.25) is 0 Å². The molecule has 1 fully saturated rings. The van der Waals surface area contributed by atoms with Crippen LogP contribution in [-0.2, 0) is 13.1 Å². The number of pyridine rings is 1. The second kappa shape index (κ2) is 11.0.